The van der Waals surface area contributed by atoms with Crippen molar-refractivity contribution in [2.24, 2.45) is 5.41 Å². The van der Waals surface area contributed by atoms with Crippen molar-refractivity contribution in [1.82, 2.24) is 10.2 Å². The Morgan fingerprint density at radius 1 is 1.33 bits per heavy atom. The zero-order chi connectivity index (χ0) is 14.9. The Labute approximate surface area is 139 Å². The number of carbonyl (C=O) groups excluding carboxylic acids is 1. The summed E-state index contributed by atoms with van der Waals surface area (Å²) in [5.41, 5.74) is 0.884. The van der Waals surface area contributed by atoms with Crippen LogP contribution in [-0.4, -0.2) is 37.0 Å². The maximum absolute atomic E-state index is 12.8. The van der Waals surface area contributed by atoms with Gasteiger partial charge in [0.2, 0.25) is 0 Å². The minimum Gasteiger partial charge on any atom is -0.338 e. The molecule has 1 spiro atoms. The third-order valence-electron chi connectivity index (χ3n) is 4.67. The summed E-state index contributed by atoms with van der Waals surface area (Å²) in [6, 6.07) is 5.48. The average Bonchev–Trinajstić information content (AvgIpc) is 2.47. The van der Waals surface area contributed by atoms with Gasteiger partial charge in [-0.05, 0) is 50.4 Å². The summed E-state index contributed by atoms with van der Waals surface area (Å²) in [6.45, 7) is 3.83. The first kappa shape index (κ1) is 15.3. The van der Waals surface area contributed by atoms with Gasteiger partial charge in [-0.2, -0.15) is 0 Å². The summed E-state index contributed by atoms with van der Waals surface area (Å²) in [7, 11) is 0. The van der Waals surface area contributed by atoms with Crippen LogP contribution in [0.5, 0.6) is 0 Å². The minimum absolute atomic E-state index is 0.0668. The van der Waals surface area contributed by atoms with Gasteiger partial charge in [0.05, 0.1) is 10.6 Å². The van der Waals surface area contributed by atoms with E-state index >= 15 is 0 Å². The summed E-state index contributed by atoms with van der Waals surface area (Å²) in [6.07, 6.45) is 4.73. The Bertz CT molecular complexity index is 538. The summed E-state index contributed by atoms with van der Waals surface area (Å²) in [5.74, 6) is 0.0668. The van der Waals surface area contributed by atoms with Gasteiger partial charge in [0.15, 0.2) is 0 Å². The van der Waals surface area contributed by atoms with Crippen LogP contribution in [0.4, 0.5) is 0 Å². The predicted octanol–water partition coefficient (Wildman–Crippen LogP) is 3.71. The minimum atomic E-state index is 0.0668. The van der Waals surface area contributed by atoms with Gasteiger partial charge in [-0.1, -0.05) is 27.5 Å². The molecule has 1 aromatic carbocycles. The molecule has 5 heteroatoms. The van der Waals surface area contributed by atoms with Crippen LogP contribution < -0.4 is 5.32 Å². The SMILES string of the molecule is O=C(c1ccc(Br)cc1Cl)N1CCCC2(CCCNC2)C1. The second kappa shape index (κ2) is 6.27. The first-order chi connectivity index (χ1) is 10.1. The van der Waals surface area contributed by atoms with Crippen LogP contribution in [0.3, 0.4) is 0 Å². The molecule has 1 N–H and O–H groups in total. The van der Waals surface area contributed by atoms with Gasteiger partial charge in [-0.15, -0.1) is 0 Å². The van der Waals surface area contributed by atoms with Crippen LogP contribution in [-0.2, 0) is 0 Å². The van der Waals surface area contributed by atoms with Gasteiger partial charge >= 0.3 is 0 Å². The van der Waals surface area contributed by atoms with E-state index in [0.717, 1.165) is 37.1 Å². The standard InChI is InChI=1S/C16H20BrClN2O/c17-12-3-4-13(14(18)9-12)15(21)20-8-2-6-16(11-20)5-1-7-19-10-16/h3-4,9,19H,1-2,5-8,10-11H2. The number of halogens is 2. The van der Waals surface area contributed by atoms with Crippen molar-refractivity contribution in [3.05, 3.63) is 33.3 Å². The molecule has 1 amide bonds. The Hall–Kier alpha value is -0.580. The van der Waals surface area contributed by atoms with E-state index in [0.29, 0.717) is 10.6 Å². The maximum atomic E-state index is 12.8. The predicted molar refractivity (Wildman–Crippen MR) is 88.8 cm³/mol. The highest BCUT2D eigenvalue weighted by Gasteiger charge is 2.38. The molecule has 0 aliphatic carbocycles. The number of nitrogens with zero attached hydrogens (tertiary/aromatic N) is 1. The number of piperidine rings is 2. The van der Waals surface area contributed by atoms with Crippen LogP contribution in [0.2, 0.25) is 5.02 Å². The fraction of sp³-hybridized carbons (Fsp3) is 0.562. The molecule has 0 bridgehead atoms. The molecule has 2 aliphatic heterocycles. The number of benzene rings is 1. The zero-order valence-electron chi connectivity index (χ0n) is 12.0. The molecule has 3 nitrogen and oxygen atoms in total. The third-order valence-corrected chi connectivity index (χ3v) is 5.48. The maximum Gasteiger partial charge on any atom is 0.255 e. The molecule has 2 fully saturated rings. The highest BCUT2D eigenvalue weighted by molar-refractivity contribution is 9.10. The average molecular weight is 372 g/mol. The summed E-state index contributed by atoms with van der Waals surface area (Å²) in [4.78, 5) is 14.8. The highest BCUT2D eigenvalue weighted by atomic mass is 79.9. The Morgan fingerprint density at radius 2 is 2.14 bits per heavy atom. The Morgan fingerprint density at radius 3 is 2.86 bits per heavy atom. The number of hydrogen-bond donors (Lipinski definition) is 1. The largest absolute Gasteiger partial charge is 0.338 e. The second-order valence-electron chi connectivity index (χ2n) is 6.23. The first-order valence-corrected chi connectivity index (χ1v) is 8.72. The smallest absolute Gasteiger partial charge is 0.255 e. The van der Waals surface area contributed by atoms with Crippen LogP contribution >= 0.6 is 27.5 Å². The first-order valence-electron chi connectivity index (χ1n) is 7.55. The van der Waals surface area contributed by atoms with Gasteiger partial charge < -0.3 is 10.2 Å². The monoisotopic (exact) mass is 370 g/mol. The van der Waals surface area contributed by atoms with Crippen LogP contribution in [0.1, 0.15) is 36.0 Å². The molecule has 21 heavy (non-hydrogen) atoms. The number of amides is 1. The molecule has 1 unspecified atom stereocenters. The second-order valence-corrected chi connectivity index (χ2v) is 7.56. The van der Waals surface area contributed by atoms with E-state index in [1.807, 2.05) is 17.0 Å². The Balaban J connectivity index is 1.77. The zero-order valence-corrected chi connectivity index (χ0v) is 14.3. The van der Waals surface area contributed by atoms with Gasteiger partial charge in [-0.25, -0.2) is 0 Å². The Kier molecular flexibility index (Phi) is 4.57. The van der Waals surface area contributed by atoms with Crippen molar-refractivity contribution in [1.29, 1.82) is 0 Å². The summed E-state index contributed by atoms with van der Waals surface area (Å²) >= 11 is 9.61. The molecule has 1 atom stereocenters. The molecule has 2 heterocycles. The fourth-order valence-corrected chi connectivity index (χ4v) is 4.35. The lowest BCUT2D eigenvalue weighted by molar-refractivity contribution is 0.0434. The molecule has 0 aromatic heterocycles. The van der Waals surface area contributed by atoms with Gasteiger partial charge in [0, 0.05) is 29.5 Å². The van der Waals surface area contributed by atoms with E-state index in [4.69, 9.17) is 11.6 Å². The molecule has 3 rings (SSSR count). The number of rotatable bonds is 1. The molecule has 0 radical (unpaired) electrons. The van der Waals surface area contributed by atoms with Crippen LogP contribution in [0.15, 0.2) is 22.7 Å². The number of hydrogen-bond acceptors (Lipinski definition) is 2. The normalized spacial score (nSPS) is 26.1. The van der Waals surface area contributed by atoms with E-state index in [9.17, 15) is 4.79 Å². The lowest BCUT2D eigenvalue weighted by atomic mass is 9.74. The molecule has 2 aliphatic rings. The summed E-state index contributed by atoms with van der Waals surface area (Å²) < 4.78 is 0.899. The van der Waals surface area contributed by atoms with Gasteiger partial charge in [0.1, 0.15) is 0 Å². The van der Waals surface area contributed by atoms with Crippen molar-refractivity contribution < 1.29 is 4.79 Å². The van der Waals surface area contributed by atoms with E-state index in [-0.39, 0.29) is 11.3 Å². The highest BCUT2D eigenvalue weighted by Crippen LogP contribution is 2.36. The third kappa shape index (κ3) is 3.27. The lowest BCUT2D eigenvalue weighted by Gasteiger charge is -2.45. The lowest BCUT2D eigenvalue weighted by Crippen LogP contribution is -2.52. The van der Waals surface area contributed by atoms with Crippen LogP contribution in [0.25, 0.3) is 0 Å². The molecule has 1 aromatic rings. The quantitative estimate of drug-likeness (QED) is 0.816. The number of nitrogens with one attached hydrogen (secondary N) is 1. The van der Waals surface area contributed by atoms with Crippen molar-refractivity contribution in [3.63, 3.8) is 0 Å². The molecule has 114 valence electrons. The van der Waals surface area contributed by atoms with E-state index in [1.54, 1.807) is 6.07 Å². The molecule has 2 saturated heterocycles. The number of likely N-dealkylation sites (tertiary alicyclic amines) is 1. The fourth-order valence-electron chi connectivity index (χ4n) is 3.59. The van der Waals surface area contributed by atoms with E-state index in [1.165, 1.54) is 19.3 Å². The molecular formula is C16H20BrClN2O. The van der Waals surface area contributed by atoms with Crippen molar-refractivity contribution in [2.45, 2.75) is 25.7 Å². The van der Waals surface area contributed by atoms with Crippen molar-refractivity contribution in [3.8, 4) is 0 Å². The summed E-state index contributed by atoms with van der Waals surface area (Å²) in [5, 5.41) is 4.02. The number of carbonyl (C=O) groups is 1. The topological polar surface area (TPSA) is 32.3 Å². The van der Waals surface area contributed by atoms with E-state index in [2.05, 4.69) is 21.2 Å². The van der Waals surface area contributed by atoms with E-state index < -0.39 is 0 Å². The van der Waals surface area contributed by atoms with Crippen LogP contribution in [0, 0.1) is 5.41 Å². The van der Waals surface area contributed by atoms with Crippen molar-refractivity contribution >= 4 is 33.4 Å². The molecule has 0 saturated carbocycles. The van der Waals surface area contributed by atoms with Gasteiger partial charge in [-0.3, -0.25) is 4.79 Å². The van der Waals surface area contributed by atoms with Crippen molar-refractivity contribution in [2.75, 3.05) is 26.2 Å². The molecular weight excluding hydrogens is 352 g/mol. The van der Waals surface area contributed by atoms with Gasteiger partial charge in [0.25, 0.3) is 5.91 Å².